The molecule has 0 aliphatic rings. The highest BCUT2D eigenvalue weighted by molar-refractivity contribution is 5.93. The van der Waals surface area contributed by atoms with Crippen LogP contribution in [0.2, 0.25) is 0 Å². The molecule has 98 valence electrons. The zero-order valence-electron chi connectivity index (χ0n) is 11.0. The van der Waals surface area contributed by atoms with Crippen molar-refractivity contribution < 1.29 is 4.79 Å². The van der Waals surface area contributed by atoms with E-state index in [0.29, 0.717) is 0 Å². The van der Waals surface area contributed by atoms with Crippen LogP contribution in [-0.2, 0) is 4.79 Å². The van der Waals surface area contributed by atoms with E-state index in [1.807, 2.05) is 51.1 Å². The summed E-state index contributed by atoms with van der Waals surface area (Å²) in [5.41, 5.74) is 6.26. The van der Waals surface area contributed by atoms with Crippen LogP contribution in [0.4, 0.5) is 5.69 Å². The van der Waals surface area contributed by atoms with Crippen LogP contribution in [0.1, 0.15) is 20.8 Å². The fraction of sp³-hybridized carbons (Fsp3) is 0.385. The predicted molar refractivity (Wildman–Crippen MR) is 74.4 cm³/mol. The second-order valence-corrected chi connectivity index (χ2v) is 4.99. The number of aliphatic imine (C=N–C) groups is 1. The molecule has 18 heavy (non-hydrogen) atoms. The van der Waals surface area contributed by atoms with E-state index in [4.69, 9.17) is 5.73 Å². The third-order valence-corrected chi connectivity index (χ3v) is 1.95. The summed E-state index contributed by atoms with van der Waals surface area (Å²) in [6.07, 6.45) is 0. The molecule has 1 aromatic carbocycles. The van der Waals surface area contributed by atoms with Crippen LogP contribution >= 0.6 is 0 Å². The van der Waals surface area contributed by atoms with Crippen LogP contribution < -0.4 is 16.4 Å². The number of hydrogen-bond acceptors (Lipinski definition) is 2. The number of nitrogens with two attached hydrogens (primary N) is 1. The third-order valence-electron chi connectivity index (χ3n) is 1.95. The van der Waals surface area contributed by atoms with E-state index in [0.717, 1.165) is 5.69 Å². The number of guanidine groups is 1. The summed E-state index contributed by atoms with van der Waals surface area (Å²) in [5.74, 6) is 0.0746. The lowest BCUT2D eigenvalue weighted by atomic mass is 10.1. The van der Waals surface area contributed by atoms with Gasteiger partial charge in [-0.05, 0) is 32.9 Å². The highest BCUT2D eigenvalue weighted by Crippen LogP contribution is 2.03. The monoisotopic (exact) mass is 248 g/mol. The highest BCUT2D eigenvalue weighted by atomic mass is 16.2. The van der Waals surface area contributed by atoms with Gasteiger partial charge >= 0.3 is 0 Å². The molecule has 0 aliphatic carbocycles. The molecule has 0 aliphatic heterocycles. The van der Waals surface area contributed by atoms with Crippen LogP contribution in [0.5, 0.6) is 0 Å². The molecular formula is C13H20N4O. The third kappa shape index (κ3) is 5.89. The van der Waals surface area contributed by atoms with Gasteiger partial charge in [-0.1, -0.05) is 18.2 Å². The van der Waals surface area contributed by atoms with Gasteiger partial charge in [0.2, 0.25) is 5.91 Å². The lowest BCUT2D eigenvalue weighted by Gasteiger charge is -2.19. The lowest BCUT2D eigenvalue weighted by molar-refractivity contribution is -0.121. The number of hydrogen-bond donors (Lipinski definition) is 3. The van der Waals surface area contributed by atoms with Crippen molar-refractivity contribution in [2.24, 2.45) is 10.7 Å². The predicted octanol–water partition coefficient (Wildman–Crippen LogP) is 1.33. The molecule has 0 unspecified atom stereocenters. The Hall–Kier alpha value is -2.04. The molecule has 0 radical (unpaired) electrons. The fourth-order valence-corrected chi connectivity index (χ4v) is 1.32. The Kier molecular flexibility index (Phi) is 4.71. The van der Waals surface area contributed by atoms with Crippen LogP contribution in [0, 0.1) is 0 Å². The quantitative estimate of drug-likeness (QED) is 0.557. The Labute approximate surface area is 107 Å². The average Bonchev–Trinajstić information content (AvgIpc) is 2.25. The van der Waals surface area contributed by atoms with E-state index in [1.165, 1.54) is 0 Å². The largest absolute Gasteiger partial charge is 0.370 e. The first-order valence-electron chi connectivity index (χ1n) is 5.80. The minimum Gasteiger partial charge on any atom is -0.370 e. The number of carbonyl (C=O) groups excluding carboxylic acids is 1. The Morgan fingerprint density at radius 1 is 1.28 bits per heavy atom. The number of nitrogens with zero attached hydrogens (tertiary/aromatic N) is 1. The fourth-order valence-electron chi connectivity index (χ4n) is 1.32. The Morgan fingerprint density at radius 3 is 2.44 bits per heavy atom. The number of anilines is 1. The summed E-state index contributed by atoms with van der Waals surface area (Å²) in [5, 5.41) is 5.72. The topological polar surface area (TPSA) is 79.5 Å². The van der Waals surface area contributed by atoms with Crippen LogP contribution in [0.15, 0.2) is 35.3 Å². The molecule has 5 heteroatoms. The number of amides is 1. The molecule has 5 nitrogen and oxygen atoms in total. The van der Waals surface area contributed by atoms with E-state index in [2.05, 4.69) is 15.6 Å². The summed E-state index contributed by atoms with van der Waals surface area (Å²) >= 11 is 0. The van der Waals surface area contributed by atoms with Crippen LogP contribution in [0.3, 0.4) is 0 Å². The number of benzene rings is 1. The van der Waals surface area contributed by atoms with E-state index in [-0.39, 0.29) is 24.0 Å². The minimum atomic E-state index is -0.256. The van der Waals surface area contributed by atoms with Gasteiger partial charge in [0.15, 0.2) is 5.96 Å². The second kappa shape index (κ2) is 6.05. The number of rotatable bonds is 3. The van der Waals surface area contributed by atoms with Gasteiger partial charge in [0, 0.05) is 11.2 Å². The van der Waals surface area contributed by atoms with Crippen LogP contribution in [0.25, 0.3) is 0 Å². The summed E-state index contributed by atoms with van der Waals surface area (Å²) in [6, 6.07) is 9.44. The summed E-state index contributed by atoms with van der Waals surface area (Å²) in [6.45, 7) is 5.77. The van der Waals surface area contributed by atoms with Crippen molar-refractivity contribution in [3.63, 3.8) is 0 Å². The van der Waals surface area contributed by atoms with Gasteiger partial charge in [0.25, 0.3) is 0 Å². The van der Waals surface area contributed by atoms with Crippen molar-refractivity contribution in [2.45, 2.75) is 26.3 Å². The van der Waals surface area contributed by atoms with Crippen LogP contribution in [-0.4, -0.2) is 24.0 Å². The first-order valence-corrected chi connectivity index (χ1v) is 5.80. The maximum Gasteiger partial charge on any atom is 0.242 e. The molecule has 0 fully saturated rings. The van der Waals surface area contributed by atoms with Gasteiger partial charge in [0.05, 0.1) is 0 Å². The summed E-state index contributed by atoms with van der Waals surface area (Å²) in [7, 11) is 0. The van der Waals surface area contributed by atoms with Gasteiger partial charge in [-0.3, -0.25) is 4.79 Å². The van der Waals surface area contributed by atoms with Gasteiger partial charge in [-0.25, -0.2) is 4.99 Å². The summed E-state index contributed by atoms with van der Waals surface area (Å²) in [4.78, 5) is 15.5. The van der Waals surface area contributed by atoms with E-state index in [9.17, 15) is 4.79 Å². The van der Waals surface area contributed by atoms with Crippen molar-refractivity contribution in [1.29, 1.82) is 0 Å². The molecule has 0 aromatic heterocycles. The normalized spacial score (nSPS) is 12.1. The van der Waals surface area contributed by atoms with Crippen molar-refractivity contribution in [1.82, 2.24) is 5.32 Å². The van der Waals surface area contributed by atoms with E-state index >= 15 is 0 Å². The molecule has 4 N–H and O–H groups in total. The number of carbonyl (C=O) groups is 1. The molecule has 0 bridgehead atoms. The molecular weight excluding hydrogens is 228 g/mol. The van der Waals surface area contributed by atoms with Gasteiger partial charge in [-0.2, -0.15) is 0 Å². The van der Waals surface area contributed by atoms with Crippen molar-refractivity contribution in [3.05, 3.63) is 30.3 Å². The van der Waals surface area contributed by atoms with Gasteiger partial charge in [-0.15, -0.1) is 0 Å². The Morgan fingerprint density at radius 2 is 1.89 bits per heavy atom. The first kappa shape index (κ1) is 14.0. The lowest BCUT2D eigenvalue weighted by Crippen LogP contribution is -2.42. The van der Waals surface area contributed by atoms with Gasteiger partial charge in [0.1, 0.15) is 6.54 Å². The molecule has 0 saturated heterocycles. The SMILES string of the molecule is CC(C)(C)NC(=O)CN=C(N)Nc1ccccc1. The van der Waals surface area contributed by atoms with E-state index in [1.54, 1.807) is 0 Å². The zero-order chi connectivity index (χ0) is 13.6. The number of nitrogens with one attached hydrogen (secondary N) is 2. The zero-order valence-corrected chi connectivity index (χ0v) is 11.0. The number of para-hydroxylation sites is 1. The first-order chi connectivity index (χ1) is 8.37. The standard InChI is InChI=1S/C13H20N4O/c1-13(2,3)17-11(18)9-15-12(14)16-10-7-5-4-6-8-10/h4-8H,9H2,1-3H3,(H,17,18)(H3,14,15,16). The van der Waals surface area contributed by atoms with E-state index < -0.39 is 0 Å². The maximum atomic E-state index is 11.5. The summed E-state index contributed by atoms with van der Waals surface area (Å²) < 4.78 is 0. The average molecular weight is 248 g/mol. The maximum absolute atomic E-state index is 11.5. The molecule has 0 atom stereocenters. The van der Waals surface area contributed by atoms with Crippen molar-refractivity contribution >= 4 is 17.6 Å². The minimum absolute atomic E-state index is 0.0168. The van der Waals surface area contributed by atoms with Gasteiger partial charge < -0.3 is 16.4 Å². The molecule has 1 amide bonds. The second-order valence-electron chi connectivity index (χ2n) is 4.99. The molecule has 0 saturated carbocycles. The highest BCUT2D eigenvalue weighted by Gasteiger charge is 2.12. The van der Waals surface area contributed by atoms with Crippen molar-refractivity contribution in [2.75, 3.05) is 11.9 Å². The molecule has 1 rings (SSSR count). The smallest absolute Gasteiger partial charge is 0.242 e. The molecule has 0 spiro atoms. The Bertz CT molecular complexity index is 420. The molecule has 0 heterocycles. The van der Waals surface area contributed by atoms with Crippen molar-refractivity contribution in [3.8, 4) is 0 Å². The molecule has 1 aromatic rings. The Balaban J connectivity index is 2.45.